The Kier molecular flexibility index (Phi) is 2.65. The molecule has 0 bridgehead atoms. The summed E-state index contributed by atoms with van der Waals surface area (Å²) in [4.78, 5) is 8.79. The third-order valence-corrected chi connectivity index (χ3v) is 3.63. The van der Waals surface area contributed by atoms with Crippen molar-refractivity contribution in [3.8, 4) is 11.1 Å². The number of rotatable bonds is 1. The smallest absolute Gasteiger partial charge is 0.225 e. The van der Waals surface area contributed by atoms with Crippen molar-refractivity contribution in [1.82, 2.24) is 9.97 Å². The van der Waals surface area contributed by atoms with E-state index in [1.54, 1.807) is 12.1 Å². The highest BCUT2D eigenvalue weighted by atomic mass is 35.5. The summed E-state index contributed by atoms with van der Waals surface area (Å²) in [5, 5.41) is 2.81. The number of nitrogens with two attached hydrogens (primary N) is 1. The van der Waals surface area contributed by atoms with Gasteiger partial charge in [0.2, 0.25) is 5.28 Å². The van der Waals surface area contributed by atoms with Gasteiger partial charge in [0.15, 0.2) is 0 Å². The quantitative estimate of drug-likeness (QED) is 0.691. The molecule has 2 heterocycles. The number of halogens is 2. The molecule has 18 heavy (non-hydrogen) atoms. The molecule has 90 valence electrons. The third-order valence-electron chi connectivity index (χ3n) is 2.59. The molecule has 0 fully saturated rings. The van der Waals surface area contributed by atoms with Gasteiger partial charge in [-0.1, -0.05) is 12.1 Å². The predicted octanol–water partition coefficient (Wildman–Crippen LogP) is 3.73. The standard InChI is InChI=1S/C12H7ClFN3S/c13-12-16-10(15)9-8(5-18-11(9)17-12)6-1-3-7(14)4-2-6/h1-5H,(H2,15,16,17). The molecule has 2 aromatic heterocycles. The zero-order valence-electron chi connectivity index (χ0n) is 9.02. The first-order chi connectivity index (χ1) is 8.65. The van der Waals surface area contributed by atoms with Gasteiger partial charge in [0, 0.05) is 10.9 Å². The minimum atomic E-state index is -0.273. The van der Waals surface area contributed by atoms with Crippen LogP contribution in [0.2, 0.25) is 5.28 Å². The number of hydrogen-bond acceptors (Lipinski definition) is 4. The minimum Gasteiger partial charge on any atom is -0.383 e. The lowest BCUT2D eigenvalue weighted by molar-refractivity contribution is 0.628. The van der Waals surface area contributed by atoms with Crippen LogP contribution in [0.5, 0.6) is 0 Å². The average molecular weight is 280 g/mol. The Morgan fingerprint density at radius 1 is 1.17 bits per heavy atom. The molecule has 0 radical (unpaired) electrons. The van der Waals surface area contributed by atoms with Gasteiger partial charge in [-0.15, -0.1) is 11.3 Å². The zero-order chi connectivity index (χ0) is 12.7. The third kappa shape index (κ3) is 1.81. The molecule has 0 aliphatic carbocycles. The SMILES string of the molecule is Nc1nc(Cl)nc2scc(-c3ccc(F)cc3)c12. The van der Waals surface area contributed by atoms with Crippen molar-refractivity contribution >= 4 is 39.0 Å². The number of benzene rings is 1. The Hall–Kier alpha value is -1.72. The van der Waals surface area contributed by atoms with Gasteiger partial charge >= 0.3 is 0 Å². The maximum atomic E-state index is 12.9. The van der Waals surface area contributed by atoms with E-state index in [-0.39, 0.29) is 11.1 Å². The van der Waals surface area contributed by atoms with Crippen LogP contribution in [0.25, 0.3) is 21.3 Å². The second kappa shape index (κ2) is 4.19. The Labute approximate surface area is 111 Å². The first-order valence-corrected chi connectivity index (χ1v) is 6.37. The first kappa shape index (κ1) is 11.4. The summed E-state index contributed by atoms with van der Waals surface area (Å²) < 4.78 is 12.9. The molecule has 0 spiro atoms. The Bertz CT molecular complexity index is 724. The summed E-state index contributed by atoms with van der Waals surface area (Å²) in [6.07, 6.45) is 0. The highest BCUT2D eigenvalue weighted by Crippen LogP contribution is 2.36. The van der Waals surface area contributed by atoms with E-state index in [9.17, 15) is 4.39 Å². The molecule has 0 saturated heterocycles. The first-order valence-electron chi connectivity index (χ1n) is 5.11. The minimum absolute atomic E-state index is 0.132. The van der Waals surface area contributed by atoms with E-state index in [4.69, 9.17) is 17.3 Å². The number of anilines is 1. The topological polar surface area (TPSA) is 51.8 Å². The molecule has 0 unspecified atom stereocenters. The van der Waals surface area contributed by atoms with E-state index < -0.39 is 0 Å². The van der Waals surface area contributed by atoms with E-state index in [0.29, 0.717) is 5.82 Å². The van der Waals surface area contributed by atoms with Gasteiger partial charge in [0.1, 0.15) is 16.5 Å². The summed E-state index contributed by atoms with van der Waals surface area (Å²) in [5.41, 5.74) is 7.63. The fourth-order valence-electron chi connectivity index (χ4n) is 1.78. The van der Waals surface area contributed by atoms with Crippen LogP contribution in [0.1, 0.15) is 0 Å². The maximum absolute atomic E-state index is 12.9. The summed E-state index contributed by atoms with van der Waals surface area (Å²) in [5.74, 6) is 0.0659. The van der Waals surface area contributed by atoms with Crippen molar-refractivity contribution in [1.29, 1.82) is 0 Å². The molecule has 3 rings (SSSR count). The highest BCUT2D eigenvalue weighted by molar-refractivity contribution is 7.17. The van der Waals surface area contributed by atoms with Crippen LogP contribution in [0.15, 0.2) is 29.6 Å². The van der Waals surface area contributed by atoms with E-state index in [2.05, 4.69) is 9.97 Å². The van der Waals surface area contributed by atoms with Crippen molar-refractivity contribution in [2.45, 2.75) is 0 Å². The molecule has 3 aromatic rings. The molecule has 0 aliphatic rings. The van der Waals surface area contributed by atoms with Crippen LogP contribution >= 0.6 is 22.9 Å². The molecule has 0 amide bonds. The molecular formula is C12H7ClFN3S. The highest BCUT2D eigenvalue weighted by Gasteiger charge is 2.12. The van der Waals surface area contributed by atoms with Gasteiger partial charge < -0.3 is 5.73 Å². The lowest BCUT2D eigenvalue weighted by atomic mass is 10.1. The molecular weight excluding hydrogens is 273 g/mol. The lowest BCUT2D eigenvalue weighted by Gasteiger charge is -2.02. The fourth-order valence-corrected chi connectivity index (χ4v) is 2.96. The van der Waals surface area contributed by atoms with Crippen molar-refractivity contribution in [2.75, 3.05) is 5.73 Å². The van der Waals surface area contributed by atoms with Gasteiger partial charge in [-0.3, -0.25) is 0 Å². The fraction of sp³-hybridized carbons (Fsp3) is 0. The average Bonchev–Trinajstić information content (AvgIpc) is 2.74. The van der Waals surface area contributed by atoms with Crippen molar-refractivity contribution in [3.63, 3.8) is 0 Å². The lowest BCUT2D eigenvalue weighted by Crippen LogP contribution is -1.93. The summed E-state index contributed by atoms with van der Waals surface area (Å²) in [6, 6.07) is 6.22. The van der Waals surface area contributed by atoms with E-state index in [0.717, 1.165) is 21.3 Å². The van der Waals surface area contributed by atoms with Crippen molar-refractivity contribution in [3.05, 3.63) is 40.7 Å². The summed E-state index contributed by atoms with van der Waals surface area (Å²) in [6.45, 7) is 0. The number of fused-ring (bicyclic) bond motifs is 1. The number of nitrogen functional groups attached to an aromatic ring is 1. The van der Waals surface area contributed by atoms with Gasteiger partial charge in [0.05, 0.1) is 5.39 Å². The van der Waals surface area contributed by atoms with Crippen LogP contribution in [0.3, 0.4) is 0 Å². The second-order valence-electron chi connectivity index (χ2n) is 3.71. The van der Waals surface area contributed by atoms with E-state index >= 15 is 0 Å². The van der Waals surface area contributed by atoms with E-state index in [1.807, 2.05) is 5.38 Å². The Balaban J connectivity index is 2.27. The number of hydrogen-bond donors (Lipinski definition) is 1. The molecule has 0 atom stereocenters. The molecule has 6 heteroatoms. The Morgan fingerprint density at radius 2 is 1.89 bits per heavy atom. The zero-order valence-corrected chi connectivity index (χ0v) is 10.6. The van der Waals surface area contributed by atoms with Crippen LogP contribution < -0.4 is 5.73 Å². The normalized spacial score (nSPS) is 11.0. The number of thiophene rings is 1. The van der Waals surface area contributed by atoms with Crippen molar-refractivity contribution < 1.29 is 4.39 Å². The molecule has 0 saturated carbocycles. The Morgan fingerprint density at radius 3 is 2.61 bits per heavy atom. The van der Waals surface area contributed by atoms with E-state index in [1.165, 1.54) is 23.5 Å². The van der Waals surface area contributed by atoms with Crippen LogP contribution in [-0.2, 0) is 0 Å². The molecule has 3 nitrogen and oxygen atoms in total. The van der Waals surface area contributed by atoms with Crippen molar-refractivity contribution in [2.24, 2.45) is 0 Å². The summed E-state index contributed by atoms with van der Waals surface area (Å²) >= 11 is 7.19. The van der Waals surface area contributed by atoms with Gasteiger partial charge in [0.25, 0.3) is 0 Å². The monoisotopic (exact) mass is 279 g/mol. The number of aromatic nitrogens is 2. The molecule has 0 aliphatic heterocycles. The van der Waals surface area contributed by atoms with Crippen LogP contribution in [0.4, 0.5) is 10.2 Å². The summed E-state index contributed by atoms with van der Waals surface area (Å²) in [7, 11) is 0. The molecule has 2 N–H and O–H groups in total. The predicted molar refractivity (Wildman–Crippen MR) is 72.2 cm³/mol. The number of nitrogens with zero attached hydrogens (tertiary/aromatic N) is 2. The van der Waals surface area contributed by atoms with Gasteiger partial charge in [-0.05, 0) is 29.3 Å². The van der Waals surface area contributed by atoms with Gasteiger partial charge in [-0.25, -0.2) is 14.4 Å². The maximum Gasteiger partial charge on any atom is 0.225 e. The molecule has 1 aromatic carbocycles. The van der Waals surface area contributed by atoms with Crippen LogP contribution in [-0.4, -0.2) is 9.97 Å². The van der Waals surface area contributed by atoms with Crippen LogP contribution in [0, 0.1) is 5.82 Å². The second-order valence-corrected chi connectivity index (χ2v) is 4.91. The largest absolute Gasteiger partial charge is 0.383 e. The van der Waals surface area contributed by atoms with Gasteiger partial charge in [-0.2, -0.15) is 0 Å².